The highest BCUT2D eigenvalue weighted by Crippen LogP contribution is 1.92. The average Bonchev–Trinajstić information content (AvgIpc) is 2.26. The summed E-state index contributed by atoms with van der Waals surface area (Å²) in [6, 6.07) is 10.3. The first-order chi connectivity index (χ1) is 6.81. The summed E-state index contributed by atoms with van der Waals surface area (Å²) in [6.45, 7) is 14.3. The van der Waals surface area contributed by atoms with Crippen molar-refractivity contribution in [2.45, 2.75) is 62.3 Å². The van der Waals surface area contributed by atoms with Crippen LogP contribution in [0.3, 0.4) is 0 Å². The van der Waals surface area contributed by atoms with Crippen LogP contribution in [0.5, 0.6) is 0 Å². The van der Waals surface area contributed by atoms with E-state index in [-0.39, 0.29) is 7.43 Å². The van der Waals surface area contributed by atoms with Gasteiger partial charge in [0.05, 0.1) is 0 Å². The Morgan fingerprint density at radius 3 is 1.20 bits per heavy atom. The zero-order chi connectivity index (χ0) is 11.8. The molecule has 0 fully saturated rings. The van der Waals surface area contributed by atoms with E-state index in [4.69, 9.17) is 0 Å². The second-order valence-corrected chi connectivity index (χ2v) is 2.36. The number of rotatable bonds is 0. The Labute approximate surface area is 98.7 Å². The molecule has 92 valence electrons. The zero-order valence-corrected chi connectivity index (χ0v) is 11.1. The molecular formula is C15H32. The molecule has 0 N–H and O–H groups in total. The predicted octanol–water partition coefficient (Wildman–Crippen LogP) is 6.10. The van der Waals surface area contributed by atoms with Crippen molar-refractivity contribution in [3.8, 4) is 0 Å². The third kappa shape index (κ3) is 31.9. The van der Waals surface area contributed by atoms with Gasteiger partial charge >= 0.3 is 0 Å². The molecule has 0 spiro atoms. The Balaban J connectivity index is -0.0000000658. The first-order valence-electron chi connectivity index (χ1n) is 5.82. The van der Waals surface area contributed by atoms with E-state index in [2.05, 4.69) is 32.9 Å². The molecule has 1 aromatic rings. The molecule has 1 rings (SSSR count). The minimum atomic E-state index is 0. The average molecular weight is 212 g/mol. The van der Waals surface area contributed by atoms with E-state index in [0.29, 0.717) is 0 Å². The van der Waals surface area contributed by atoms with Gasteiger partial charge in [0.1, 0.15) is 0 Å². The largest absolute Gasteiger partial charge is 0.0776 e. The Morgan fingerprint density at radius 1 is 0.800 bits per heavy atom. The number of hydrogen-bond acceptors (Lipinski definition) is 0. The molecule has 15 heavy (non-hydrogen) atoms. The molecule has 0 bridgehead atoms. The van der Waals surface area contributed by atoms with Crippen LogP contribution >= 0.6 is 0 Å². The van der Waals surface area contributed by atoms with Crippen molar-refractivity contribution in [3.05, 3.63) is 35.9 Å². The van der Waals surface area contributed by atoms with Crippen LogP contribution in [0.4, 0.5) is 0 Å². The summed E-state index contributed by atoms with van der Waals surface area (Å²) in [5.74, 6) is 0. The third-order valence-corrected chi connectivity index (χ3v) is 0.940. The molecular weight excluding hydrogens is 180 g/mol. The number of benzene rings is 1. The predicted molar refractivity (Wildman–Crippen MR) is 76.6 cm³/mol. The monoisotopic (exact) mass is 212 g/mol. The van der Waals surface area contributed by atoms with E-state index in [1.165, 1.54) is 12.0 Å². The highest BCUT2D eigenvalue weighted by atomic mass is 13.8. The molecule has 0 saturated heterocycles. The van der Waals surface area contributed by atoms with Crippen LogP contribution in [0.25, 0.3) is 0 Å². The summed E-state index contributed by atoms with van der Waals surface area (Å²) >= 11 is 0. The molecule has 0 heterocycles. The quantitative estimate of drug-likeness (QED) is 0.487. The Morgan fingerprint density at radius 2 is 1.07 bits per heavy atom. The molecule has 0 aromatic heterocycles. The maximum absolute atomic E-state index is 2.12. The molecule has 0 aliphatic rings. The van der Waals surface area contributed by atoms with Crippen LogP contribution in [0.2, 0.25) is 0 Å². The lowest BCUT2D eigenvalue weighted by atomic mass is 10.2. The summed E-state index contributed by atoms with van der Waals surface area (Å²) < 4.78 is 0. The minimum absolute atomic E-state index is 0. The van der Waals surface area contributed by atoms with Gasteiger partial charge in [-0.05, 0) is 6.92 Å². The summed E-state index contributed by atoms with van der Waals surface area (Å²) in [4.78, 5) is 0. The summed E-state index contributed by atoms with van der Waals surface area (Å²) in [5.41, 5.74) is 1.32. The highest BCUT2D eigenvalue weighted by molar-refractivity contribution is 5.11. The van der Waals surface area contributed by atoms with Crippen molar-refractivity contribution < 1.29 is 0 Å². The Hall–Kier alpha value is -0.780. The third-order valence-electron chi connectivity index (χ3n) is 0.940. The van der Waals surface area contributed by atoms with Gasteiger partial charge in [0.25, 0.3) is 0 Å². The van der Waals surface area contributed by atoms with Gasteiger partial charge in [-0.3, -0.25) is 0 Å². The molecule has 1 aromatic carbocycles. The standard InChI is InChI=1S/C7H8.C3H8.2C2H6.CH4/c1-7-5-3-2-4-6-7;1-3-2;2*1-2;/h2-6H,1H3;3H2,1-2H3;2*1-2H3;1H4. The van der Waals surface area contributed by atoms with Crippen LogP contribution in [-0.4, -0.2) is 0 Å². The molecule has 0 aliphatic heterocycles. The van der Waals surface area contributed by atoms with Crippen molar-refractivity contribution in [1.82, 2.24) is 0 Å². The highest BCUT2D eigenvalue weighted by Gasteiger charge is 1.72. The summed E-state index contributed by atoms with van der Waals surface area (Å²) in [6.07, 6.45) is 1.25. The maximum Gasteiger partial charge on any atom is -0.0398 e. The van der Waals surface area contributed by atoms with E-state index in [0.717, 1.165) is 0 Å². The molecule has 0 saturated carbocycles. The lowest BCUT2D eigenvalue weighted by molar-refractivity contribution is 1.09. The van der Waals surface area contributed by atoms with E-state index < -0.39 is 0 Å². The normalized spacial score (nSPS) is 6.07. The van der Waals surface area contributed by atoms with Crippen LogP contribution in [0.1, 0.15) is 61.0 Å². The summed E-state index contributed by atoms with van der Waals surface area (Å²) in [5, 5.41) is 0. The van der Waals surface area contributed by atoms with Crippen LogP contribution in [0.15, 0.2) is 30.3 Å². The van der Waals surface area contributed by atoms with E-state index >= 15 is 0 Å². The van der Waals surface area contributed by atoms with Gasteiger partial charge in [-0.2, -0.15) is 0 Å². The molecule has 0 amide bonds. The smallest absolute Gasteiger partial charge is 0.0398 e. The van der Waals surface area contributed by atoms with Gasteiger partial charge in [-0.25, -0.2) is 0 Å². The van der Waals surface area contributed by atoms with Crippen molar-refractivity contribution in [1.29, 1.82) is 0 Å². The fraction of sp³-hybridized carbons (Fsp3) is 0.600. The van der Waals surface area contributed by atoms with E-state index in [1.54, 1.807) is 0 Å². The van der Waals surface area contributed by atoms with Crippen molar-refractivity contribution in [2.75, 3.05) is 0 Å². The first kappa shape index (κ1) is 23.8. The fourth-order valence-corrected chi connectivity index (χ4v) is 0.534. The van der Waals surface area contributed by atoms with Gasteiger partial charge in [0, 0.05) is 0 Å². The minimum Gasteiger partial charge on any atom is -0.0776 e. The van der Waals surface area contributed by atoms with E-state index in [9.17, 15) is 0 Å². The van der Waals surface area contributed by atoms with Crippen LogP contribution in [0, 0.1) is 6.92 Å². The van der Waals surface area contributed by atoms with Crippen molar-refractivity contribution in [2.24, 2.45) is 0 Å². The van der Waals surface area contributed by atoms with Gasteiger partial charge in [-0.15, -0.1) is 0 Å². The van der Waals surface area contributed by atoms with Gasteiger partial charge < -0.3 is 0 Å². The molecule has 0 radical (unpaired) electrons. The fourth-order valence-electron chi connectivity index (χ4n) is 0.534. The summed E-state index contributed by atoms with van der Waals surface area (Å²) in [7, 11) is 0. The number of hydrogen-bond donors (Lipinski definition) is 0. The van der Waals surface area contributed by atoms with Gasteiger partial charge in [0.2, 0.25) is 0 Å². The van der Waals surface area contributed by atoms with Gasteiger partial charge in [0.15, 0.2) is 0 Å². The SMILES string of the molecule is C.CC.CC.CCC.Cc1ccccc1. The van der Waals surface area contributed by atoms with Crippen molar-refractivity contribution in [3.63, 3.8) is 0 Å². The molecule has 0 unspecified atom stereocenters. The molecule has 0 heteroatoms. The zero-order valence-electron chi connectivity index (χ0n) is 11.1. The first-order valence-corrected chi connectivity index (χ1v) is 5.82. The van der Waals surface area contributed by atoms with Crippen molar-refractivity contribution >= 4 is 0 Å². The Kier molecular flexibility index (Phi) is 46.3. The molecule has 0 nitrogen and oxygen atoms in total. The molecule has 0 atom stereocenters. The van der Waals surface area contributed by atoms with Gasteiger partial charge in [-0.1, -0.05) is 91.3 Å². The van der Waals surface area contributed by atoms with E-state index in [1.807, 2.05) is 45.9 Å². The maximum atomic E-state index is 2.12. The second kappa shape index (κ2) is 29.2. The lowest BCUT2D eigenvalue weighted by Crippen LogP contribution is -1.62. The van der Waals surface area contributed by atoms with Crippen LogP contribution < -0.4 is 0 Å². The topological polar surface area (TPSA) is 0 Å². The molecule has 0 aliphatic carbocycles. The Bertz CT molecular complexity index is 141. The van der Waals surface area contributed by atoms with Crippen LogP contribution in [-0.2, 0) is 0 Å². The lowest BCUT2D eigenvalue weighted by Gasteiger charge is -1.82. The number of aryl methyl sites for hydroxylation is 1. The second-order valence-electron chi connectivity index (χ2n) is 2.36.